The van der Waals surface area contributed by atoms with E-state index in [1.807, 2.05) is 22.9 Å². The first-order chi connectivity index (χ1) is 3.91. The summed E-state index contributed by atoms with van der Waals surface area (Å²) in [5.41, 5.74) is 0. The molecule has 0 bridgehead atoms. The fraction of sp³-hybridized carbons (Fsp3) is 0.333. The molecule has 0 fully saturated rings. The molecule has 2 heteroatoms. The summed E-state index contributed by atoms with van der Waals surface area (Å²) < 4.78 is 0. The molecule has 0 atom stereocenters. The minimum absolute atomic E-state index is 0.250. The lowest BCUT2D eigenvalue weighted by Crippen LogP contribution is -1.57. The molecule has 0 aliphatic carbocycles. The largest absolute Gasteiger partial charge is 0.397 e. The van der Waals surface area contributed by atoms with Crippen molar-refractivity contribution in [2.45, 2.75) is 6.92 Å². The van der Waals surface area contributed by atoms with Crippen LogP contribution in [0.25, 0.3) is 0 Å². The summed E-state index contributed by atoms with van der Waals surface area (Å²) in [5, 5.41) is 11.7. The van der Waals surface area contributed by atoms with Crippen molar-refractivity contribution in [3.63, 3.8) is 0 Å². The number of rotatable bonds is 0. The molecule has 1 nitrogen and oxygen atoms in total. The standard InChI is InChI=1S/C4H4S.C2H6O/c1-2-4-5-3-1;1-2-3/h1-4H;3H,2H2,1H3. The van der Waals surface area contributed by atoms with E-state index < -0.39 is 0 Å². The molecule has 46 valence electrons. The number of hydrogen-bond acceptors (Lipinski definition) is 2. The Morgan fingerprint density at radius 1 is 1.38 bits per heavy atom. The van der Waals surface area contributed by atoms with Gasteiger partial charge in [-0.3, -0.25) is 0 Å². The molecule has 1 N–H and O–H groups in total. The van der Waals surface area contributed by atoms with Crippen LogP contribution in [0.1, 0.15) is 6.92 Å². The van der Waals surface area contributed by atoms with Crippen LogP contribution in [-0.2, 0) is 0 Å². The van der Waals surface area contributed by atoms with E-state index >= 15 is 0 Å². The molecule has 0 aromatic carbocycles. The summed E-state index contributed by atoms with van der Waals surface area (Å²) in [7, 11) is 0. The Hall–Kier alpha value is -0.340. The van der Waals surface area contributed by atoms with E-state index in [4.69, 9.17) is 5.11 Å². The van der Waals surface area contributed by atoms with Crippen molar-refractivity contribution in [3.05, 3.63) is 22.9 Å². The van der Waals surface area contributed by atoms with Crippen LogP contribution >= 0.6 is 11.3 Å². The zero-order valence-corrected chi connectivity index (χ0v) is 5.69. The van der Waals surface area contributed by atoms with Gasteiger partial charge < -0.3 is 5.11 Å². The number of hydrogen-bond donors (Lipinski definition) is 1. The average molecular weight is 130 g/mol. The van der Waals surface area contributed by atoms with E-state index in [9.17, 15) is 0 Å². The smallest absolute Gasteiger partial charge is 0.0402 e. The minimum atomic E-state index is 0.250. The lowest BCUT2D eigenvalue weighted by atomic mass is 10.7. The van der Waals surface area contributed by atoms with Gasteiger partial charge in [0, 0.05) is 6.61 Å². The second-order valence-corrected chi connectivity index (χ2v) is 1.93. The maximum atomic E-state index is 7.57. The van der Waals surface area contributed by atoms with E-state index in [-0.39, 0.29) is 6.61 Å². The third-order valence-corrected chi connectivity index (χ3v) is 1.05. The quantitative estimate of drug-likeness (QED) is 0.567. The Balaban J connectivity index is 0.000000145. The van der Waals surface area contributed by atoms with Crippen molar-refractivity contribution >= 4 is 11.3 Å². The van der Waals surface area contributed by atoms with Gasteiger partial charge in [-0.2, -0.15) is 11.3 Å². The molecule has 8 heavy (non-hydrogen) atoms. The molecular weight excluding hydrogens is 120 g/mol. The van der Waals surface area contributed by atoms with Crippen molar-refractivity contribution < 1.29 is 5.11 Å². The van der Waals surface area contributed by atoms with Crippen molar-refractivity contribution in [1.29, 1.82) is 0 Å². The third kappa shape index (κ3) is 5.66. The molecule has 1 aromatic heterocycles. The zero-order chi connectivity index (χ0) is 6.24. The summed E-state index contributed by atoms with van der Waals surface area (Å²) in [4.78, 5) is 0. The van der Waals surface area contributed by atoms with E-state index in [1.54, 1.807) is 18.3 Å². The second kappa shape index (κ2) is 6.66. The van der Waals surface area contributed by atoms with E-state index in [1.165, 1.54) is 0 Å². The highest BCUT2D eigenvalue weighted by Crippen LogP contribution is 1.91. The number of aliphatic hydroxyl groups excluding tert-OH is 1. The molecule has 0 saturated heterocycles. The van der Waals surface area contributed by atoms with Crippen LogP contribution in [0.3, 0.4) is 0 Å². The monoisotopic (exact) mass is 130 g/mol. The molecule has 0 unspecified atom stereocenters. The van der Waals surface area contributed by atoms with Gasteiger partial charge in [-0.1, -0.05) is 12.1 Å². The van der Waals surface area contributed by atoms with E-state index in [0.29, 0.717) is 0 Å². The van der Waals surface area contributed by atoms with Gasteiger partial charge in [-0.25, -0.2) is 0 Å². The summed E-state index contributed by atoms with van der Waals surface area (Å²) in [6, 6.07) is 4.04. The van der Waals surface area contributed by atoms with Crippen molar-refractivity contribution in [2.24, 2.45) is 0 Å². The fourth-order valence-electron chi connectivity index (χ4n) is 0.227. The summed E-state index contributed by atoms with van der Waals surface area (Å²) >= 11 is 1.71. The van der Waals surface area contributed by atoms with Crippen molar-refractivity contribution in [2.75, 3.05) is 6.61 Å². The lowest BCUT2D eigenvalue weighted by molar-refractivity contribution is 0.318. The van der Waals surface area contributed by atoms with Gasteiger partial charge >= 0.3 is 0 Å². The predicted molar refractivity (Wildman–Crippen MR) is 37.1 cm³/mol. The van der Waals surface area contributed by atoms with Crippen LogP contribution in [0.15, 0.2) is 22.9 Å². The molecule has 0 amide bonds. The van der Waals surface area contributed by atoms with Crippen LogP contribution in [-0.4, -0.2) is 11.7 Å². The van der Waals surface area contributed by atoms with Gasteiger partial charge in [0.25, 0.3) is 0 Å². The first-order valence-corrected chi connectivity index (χ1v) is 3.44. The Morgan fingerprint density at radius 2 is 1.75 bits per heavy atom. The van der Waals surface area contributed by atoms with Gasteiger partial charge in [0.05, 0.1) is 0 Å². The Labute approximate surface area is 53.6 Å². The highest BCUT2D eigenvalue weighted by atomic mass is 32.1. The maximum Gasteiger partial charge on any atom is 0.0402 e. The first kappa shape index (κ1) is 7.66. The number of aliphatic hydroxyl groups is 1. The number of thiophene rings is 1. The highest BCUT2D eigenvalue weighted by Gasteiger charge is 1.58. The van der Waals surface area contributed by atoms with Crippen LogP contribution in [0.5, 0.6) is 0 Å². The molecule has 0 aliphatic rings. The van der Waals surface area contributed by atoms with Gasteiger partial charge in [-0.05, 0) is 17.7 Å². The first-order valence-electron chi connectivity index (χ1n) is 2.49. The topological polar surface area (TPSA) is 20.2 Å². The van der Waals surface area contributed by atoms with Gasteiger partial charge in [0.2, 0.25) is 0 Å². The van der Waals surface area contributed by atoms with Crippen molar-refractivity contribution in [3.8, 4) is 0 Å². The second-order valence-electron chi connectivity index (χ2n) is 1.11. The Kier molecular flexibility index (Phi) is 6.38. The summed E-state index contributed by atoms with van der Waals surface area (Å²) in [6.07, 6.45) is 0. The molecule has 0 spiro atoms. The average Bonchev–Trinajstić information content (AvgIpc) is 2.17. The molecule has 1 rings (SSSR count). The van der Waals surface area contributed by atoms with Crippen molar-refractivity contribution in [1.82, 2.24) is 0 Å². The molecular formula is C6H10OS. The van der Waals surface area contributed by atoms with Crippen LogP contribution in [0.4, 0.5) is 0 Å². The van der Waals surface area contributed by atoms with Gasteiger partial charge in [0.15, 0.2) is 0 Å². The molecule has 0 radical (unpaired) electrons. The predicted octanol–water partition coefficient (Wildman–Crippen LogP) is 1.75. The SMILES string of the molecule is CCO.c1ccsc1. The normalized spacial score (nSPS) is 7.25. The van der Waals surface area contributed by atoms with E-state index in [0.717, 1.165) is 0 Å². The fourth-order valence-corrected chi connectivity index (χ4v) is 0.680. The Bertz CT molecular complexity index is 75.4. The molecule has 0 aliphatic heterocycles. The molecule has 0 saturated carbocycles. The maximum absolute atomic E-state index is 7.57. The van der Waals surface area contributed by atoms with Crippen LogP contribution in [0.2, 0.25) is 0 Å². The Morgan fingerprint density at radius 3 is 1.88 bits per heavy atom. The molecule has 1 heterocycles. The van der Waals surface area contributed by atoms with Crippen LogP contribution in [0, 0.1) is 0 Å². The highest BCUT2D eigenvalue weighted by molar-refractivity contribution is 7.07. The summed E-state index contributed by atoms with van der Waals surface area (Å²) in [5.74, 6) is 0. The summed E-state index contributed by atoms with van der Waals surface area (Å²) in [6.45, 7) is 1.93. The zero-order valence-electron chi connectivity index (χ0n) is 4.87. The lowest BCUT2D eigenvalue weighted by Gasteiger charge is -1.52. The third-order valence-electron chi connectivity index (χ3n) is 0.425. The van der Waals surface area contributed by atoms with Crippen LogP contribution < -0.4 is 0 Å². The molecule has 1 aromatic rings. The van der Waals surface area contributed by atoms with Gasteiger partial charge in [0.1, 0.15) is 0 Å². The van der Waals surface area contributed by atoms with E-state index in [2.05, 4.69) is 0 Å². The minimum Gasteiger partial charge on any atom is -0.397 e. The van der Waals surface area contributed by atoms with Gasteiger partial charge in [-0.15, -0.1) is 0 Å².